The van der Waals surface area contributed by atoms with E-state index in [9.17, 15) is 5.11 Å². The monoisotopic (exact) mass is 290 g/mol. The minimum Gasteiger partial charge on any atom is -0.493 e. The van der Waals surface area contributed by atoms with Gasteiger partial charge in [0, 0.05) is 6.42 Å². The standard InChI is InChI=1S/C18H26O3/c1-20-17-11-10-14(13-18(17)21-2)12-16(19)15-8-6-4-3-5-7-9-15/h8,10-11,13,16,19H,3-7,9,12H2,1-2H3/b15-8+. The molecule has 0 spiro atoms. The van der Waals surface area contributed by atoms with E-state index in [0.717, 1.165) is 24.2 Å². The van der Waals surface area contributed by atoms with E-state index in [0.29, 0.717) is 12.2 Å². The molecule has 1 aromatic carbocycles. The molecule has 0 aliphatic heterocycles. The van der Waals surface area contributed by atoms with Crippen LogP contribution < -0.4 is 9.47 Å². The zero-order valence-electron chi connectivity index (χ0n) is 13.1. The lowest BCUT2D eigenvalue weighted by atomic mass is 9.93. The Labute approximate surface area is 127 Å². The smallest absolute Gasteiger partial charge is 0.160 e. The molecule has 0 saturated heterocycles. The highest BCUT2D eigenvalue weighted by Crippen LogP contribution is 2.29. The third-order valence-electron chi connectivity index (χ3n) is 4.13. The minimum absolute atomic E-state index is 0.388. The van der Waals surface area contributed by atoms with Crippen LogP contribution in [0.1, 0.15) is 44.1 Å². The zero-order chi connectivity index (χ0) is 15.1. The lowest BCUT2D eigenvalue weighted by Gasteiger charge is -2.18. The van der Waals surface area contributed by atoms with Crippen LogP contribution in [0.3, 0.4) is 0 Å². The fourth-order valence-electron chi connectivity index (χ4n) is 2.88. The molecule has 0 amide bonds. The van der Waals surface area contributed by atoms with E-state index in [4.69, 9.17) is 9.47 Å². The summed E-state index contributed by atoms with van der Waals surface area (Å²) in [6.45, 7) is 0. The number of methoxy groups -OCH3 is 2. The van der Waals surface area contributed by atoms with Crippen molar-refractivity contribution in [2.45, 2.75) is 51.0 Å². The maximum atomic E-state index is 10.5. The number of hydrogen-bond donors (Lipinski definition) is 1. The Balaban J connectivity index is 2.05. The summed E-state index contributed by atoms with van der Waals surface area (Å²) in [5, 5.41) is 10.5. The molecule has 1 N–H and O–H groups in total. The predicted octanol–water partition coefficient (Wildman–Crippen LogP) is 3.89. The van der Waals surface area contributed by atoms with Crippen LogP contribution in [0.5, 0.6) is 11.5 Å². The van der Waals surface area contributed by atoms with Crippen molar-refractivity contribution >= 4 is 0 Å². The molecule has 1 aliphatic carbocycles. The van der Waals surface area contributed by atoms with Gasteiger partial charge < -0.3 is 14.6 Å². The summed E-state index contributed by atoms with van der Waals surface area (Å²) in [6, 6.07) is 5.84. The molecule has 0 saturated carbocycles. The largest absolute Gasteiger partial charge is 0.493 e. The van der Waals surface area contributed by atoms with Crippen LogP contribution >= 0.6 is 0 Å². The number of benzene rings is 1. The average molecular weight is 290 g/mol. The summed E-state index contributed by atoms with van der Waals surface area (Å²) in [4.78, 5) is 0. The van der Waals surface area contributed by atoms with Gasteiger partial charge in [-0.1, -0.05) is 25.0 Å². The van der Waals surface area contributed by atoms with Gasteiger partial charge in [0.1, 0.15) is 0 Å². The number of hydrogen-bond acceptors (Lipinski definition) is 3. The highest BCUT2D eigenvalue weighted by atomic mass is 16.5. The second-order valence-corrected chi connectivity index (χ2v) is 5.64. The van der Waals surface area contributed by atoms with Crippen molar-refractivity contribution in [2.75, 3.05) is 14.2 Å². The van der Waals surface area contributed by atoms with Gasteiger partial charge in [-0.25, -0.2) is 0 Å². The number of rotatable bonds is 5. The summed E-state index contributed by atoms with van der Waals surface area (Å²) in [5.74, 6) is 1.44. The van der Waals surface area contributed by atoms with E-state index >= 15 is 0 Å². The summed E-state index contributed by atoms with van der Waals surface area (Å²) in [5.41, 5.74) is 2.27. The normalized spacial score (nSPS) is 19.9. The fraction of sp³-hybridized carbons (Fsp3) is 0.556. The second-order valence-electron chi connectivity index (χ2n) is 5.64. The van der Waals surface area contributed by atoms with Gasteiger partial charge in [0.15, 0.2) is 11.5 Å². The maximum absolute atomic E-state index is 10.5. The van der Waals surface area contributed by atoms with Crippen LogP contribution in [0.2, 0.25) is 0 Å². The van der Waals surface area contributed by atoms with Gasteiger partial charge >= 0.3 is 0 Å². The molecule has 3 nitrogen and oxygen atoms in total. The van der Waals surface area contributed by atoms with Crippen molar-refractivity contribution in [3.8, 4) is 11.5 Å². The van der Waals surface area contributed by atoms with Gasteiger partial charge in [0.05, 0.1) is 20.3 Å². The van der Waals surface area contributed by atoms with E-state index in [1.807, 2.05) is 18.2 Å². The first-order chi connectivity index (χ1) is 10.2. The highest BCUT2D eigenvalue weighted by molar-refractivity contribution is 5.43. The van der Waals surface area contributed by atoms with E-state index in [1.165, 1.54) is 31.3 Å². The molecule has 0 heterocycles. The van der Waals surface area contributed by atoms with Crippen LogP contribution in [-0.4, -0.2) is 25.4 Å². The predicted molar refractivity (Wildman–Crippen MR) is 85.0 cm³/mol. The Morgan fingerprint density at radius 1 is 1.05 bits per heavy atom. The van der Waals surface area contributed by atoms with E-state index < -0.39 is 0 Å². The first kappa shape index (κ1) is 15.9. The van der Waals surface area contributed by atoms with E-state index in [1.54, 1.807) is 14.2 Å². The van der Waals surface area contributed by atoms with Crippen molar-refractivity contribution in [2.24, 2.45) is 0 Å². The Morgan fingerprint density at radius 2 is 1.81 bits per heavy atom. The lowest BCUT2D eigenvalue weighted by Crippen LogP contribution is -2.15. The Bertz CT molecular complexity index is 479. The van der Waals surface area contributed by atoms with Gasteiger partial charge in [0.25, 0.3) is 0 Å². The van der Waals surface area contributed by atoms with Crippen LogP contribution in [0.15, 0.2) is 29.8 Å². The molecule has 3 heteroatoms. The van der Waals surface area contributed by atoms with Crippen LogP contribution in [-0.2, 0) is 6.42 Å². The third-order valence-corrected chi connectivity index (χ3v) is 4.13. The van der Waals surface area contributed by atoms with Gasteiger partial charge in [-0.2, -0.15) is 0 Å². The molecule has 116 valence electrons. The first-order valence-corrected chi connectivity index (χ1v) is 7.82. The lowest BCUT2D eigenvalue weighted by molar-refractivity contribution is 0.205. The molecule has 2 rings (SSSR count). The first-order valence-electron chi connectivity index (χ1n) is 7.82. The summed E-state index contributed by atoms with van der Waals surface area (Å²) in [7, 11) is 3.26. The van der Waals surface area contributed by atoms with Crippen LogP contribution in [0.25, 0.3) is 0 Å². The zero-order valence-corrected chi connectivity index (χ0v) is 13.1. The highest BCUT2D eigenvalue weighted by Gasteiger charge is 2.14. The topological polar surface area (TPSA) is 38.7 Å². The molecule has 1 aliphatic rings. The van der Waals surface area contributed by atoms with Gasteiger partial charge in [-0.05, 0) is 49.0 Å². The van der Waals surface area contributed by atoms with Crippen molar-refractivity contribution in [1.82, 2.24) is 0 Å². The van der Waals surface area contributed by atoms with E-state index in [-0.39, 0.29) is 6.10 Å². The van der Waals surface area contributed by atoms with Crippen LogP contribution in [0.4, 0.5) is 0 Å². The summed E-state index contributed by atoms with van der Waals surface area (Å²) >= 11 is 0. The Hall–Kier alpha value is -1.48. The SMILES string of the molecule is COc1ccc(CC(O)/C2=C/CCCCCC2)cc1OC. The molecule has 1 unspecified atom stereocenters. The van der Waals surface area contributed by atoms with Gasteiger partial charge in [-0.3, -0.25) is 0 Å². The summed E-state index contributed by atoms with van der Waals surface area (Å²) < 4.78 is 10.6. The third kappa shape index (κ3) is 4.50. The van der Waals surface area contributed by atoms with Gasteiger partial charge in [-0.15, -0.1) is 0 Å². The molecule has 0 aromatic heterocycles. The molecule has 0 fully saturated rings. The van der Waals surface area contributed by atoms with Crippen molar-refractivity contribution in [3.63, 3.8) is 0 Å². The second kappa shape index (κ2) is 8.08. The Morgan fingerprint density at radius 3 is 2.57 bits per heavy atom. The number of aliphatic hydroxyl groups is 1. The van der Waals surface area contributed by atoms with Crippen molar-refractivity contribution < 1.29 is 14.6 Å². The molecule has 1 aromatic rings. The fourth-order valence-corrected chi connectivity index (χ4v) is 2.88. The molecule has 1 atom stereocenters. The van der Waals surface area contributed by atoms with Crippen LogP contribution in [0, 0.1) is 0 Å². The molecule has 0 radical (unpaired) electrons. The van der Waals surface area contributed by atoms with Gasteiger partial charge in [0.2, 0.25) is 0 Å². The van der Waals surface area contributed by atoms with Crippen molar-refractivity contribution in [3.05, 3.63) is 35.4 Å². The number of ether oxygens (including phenoxy) is 2. The summed E-state index contributed by atoms with van der Waals surface area (Å²) in [6.07, 6.45) is 9.63. The number of allylic oxidation sites excluding steroid dienone is 1. The molecular formula is C18H26O3. The molecule has 21 heavy (non-hydrogen) atoms. The maximum Gasteiger partial charge on any atom is 0.160 e. The minimum atomic E-state index is -0.388. The number of aliphatic hydroxyl groups excluding tert-OH is 1. The molecular weight excluding hydrogens is 264 g/mol. The van der Waals surface area contributed by atoms with Crippen molar-refractivity contribution in [1.29, 1.82) is 0 Å². The van der Waals surface area contributed by atoms with E-state index in [2.05, 4.69) is 6.08 Å². The Kier molecular flexibility index (Phi) is 6.12. The molecule has 0 bridgehead atoms. The average Bonchev–Trinajstić information content (AvgIpc) is 2.46. The quantitative estimate of drug-likeness (QED) is 0.836.